The van der Waals surface area contributed by atoms with E-state index in [9.17, 15) is 0 Å². The summed E-state index contributed by atoms with van der Waals surface area (Å²) in [5.41, 5.74) is 1.97. The maximum absolute atomic E-state index is 5.55. The third kappa shape index (κ3) is 2.17. The predicted octanol–water partition coefficient (Wildman–Crippen LogP) is 2.17. The van der Waals surface area contributed by atoms with Gasteiger partial charge in [-0.1, -0.05) is 0 Å². The van der Waals surface area contributed by atoms with Gasteiger partial charge in [0.2, 0.25) is 0 Å². The number of ether oxygens (including phenoxy) is 1. The molecule has 1 aliphatic heterocycles. The van der Waals surface area contributed by atoms with E-state index in [-0.39, 0.29) is 0 Å². The van der Waals surface area contributed by atoms with Crippen LogP contribution in [0.2, 0.25) is 0 Å². The van der Waals surface area contributed by atoms with E-state index >= 15 is 0 Å². The van der Waals surface area contributed by atoms with Gasteiger partial charge in [-0.05, 0) is 32.1 Å². The molecule has 1 atom stereocenters. The Morgan fingerprint density at radius 1 is 1.14 bits per heavy atom. The first-order chi connectivity index (χ1) is 10.9. The third-order valence-electron chi connectivity index (χ3n) is 5.02. The molecule has 2 saturated carbocycles. The summed E-state index contributed by atoms with van der Waals surface area (Å²) < 4.78 is 7.77. The molecule has 0 radical (unpaired) electrons. The van der Waals surface area contributed by atoms with Gasteiger partial charge in [0.05, 0.1) is 12.9 Å². The number of nitrogens with zero attached hydrogens (tertiary/aromatic N) is 5. The van der Waals surface area contributed by atoms with Gasteiger partial charge in [0.1, 0.15) is 6.33 Å². The molecule has 0 N–H and O–H groups in total. The van der Waals surface area contributed by atoms with Crippen molar-refractivity contribution in [3.63, 3.8) is 0 Å². The van der Waals surface area contributed by atoms with Gasteiger partial charge in [0, 0.05) is 31.2 Å². The van der Waals surface area contributed by atoms with Crippen molar-refractivity contribution in [1.82, 2.24) is 19.5 Å². The number of hydrogen-bond donors (Lipinski definition) is 0. The normalized spacial score (nSPS) is 25.0. The van der Waals surface area contributed by atoms with Gasteiger partial charge >= 0.3 is 0 Å². The molecule has 6 heteroatoms. The van der Waals surface area contributed by atoms with Crippen LogP contribution in [0.15, 0.2) is 12.7 Å². The molecule has 0 amide bonds. The summed E-state index contributed by atoms with van der Waals surface area (Å²) in [6.45, 7) is 2.82. The largest absolute Gasteiger partial charge is 0.381 e. The van der Waals surface area contributed by atoms with Gasteiger partial charge in [-0.2, -0.15) is 0 Å². The number of aromatic nitrogens is 4. The first-order valence-corrected chi connectivity index (χ1v) is 8.42. The van der Waals surface area contributed by atoms with E-state index in [1.807, 2.05) is 6.33 Å². The lowest BCUT2D eigenvalue weighted by atomic mass is 10.1. The van der Waals surface area contributed by atoms with Crippen LogP contribution in [-0.4, -0.2) is 45.3 Å². The van der Waals surface area contributed by atoms with Crippen molar-refractivity contribution < 1.29 is 4.74 Å². The van der Waals surface area contributed by atoms with E-state index in [0.717, 1.165) is 43.2 Å². The fraction of sp³-hybridized carbons (Fsp3) is 0.688. The van der Waals surface area contributed by atoms with Crippen LogP contribution in [-0.2, 0) is 4.74 Å². The van der Waals surface area contributed by atoms with Crippen LogP contribution in [0.1, 0.15) is 38.1 Å². The monoisotopic (exact) mass is 299 g/mol. The Morgan fingerprint density at radius 2 is 2.05 bits per heavy atom. The molecule has 0 bridgehead atoms. The molecule has 0 aromatic carbocycles. The van der Waals surface area contributed by atoms with Crippen LogP contribution < -0.4 is 4.90 Å². The standard InChI is InChI=1S/C16H21N5O/c1-2-12(1)20(7-11-5-6-22-8-11)15-14-16(18-9-17-15)21(10-19-14)13-3-4-13/h9-13H,1-8H2. The quantitative estimate of drug-likeness (QED) is 0.847. The average Bonchev–Trinajstić information content (AvgIpc) is 3.47. The van der Waals surface area contributed by atoms with Gasteiger partial charge in [-0.25, -0.2) is 15.0 Å². The van der Waals surface area contributed by atoms with Crippen LogP contribution in [0, 0.1) is 5.92 Å². The van der Waals surface area contributed by atoms with Crippen LogP contribution in [0.3, 0.4) is 0 Å². The molecule has 6 nitrogen and oxygen atoms in total. The highest BCUT2D eigenvalue weighted by Gasteiger charge is 2.35. The molecule has 116 valence electrons. The predicted molar refractivity (Wildman–Crippen MR) is 82.9 cm³/mol. The number of anilines is 1. The smallest absolute Gasteiger partial charge is 0.165 e. The summed E-state index contributed by atoms with van der Waals surface area (Å²) in [7, 11) is 0. The molecule has 1 saturated heterocycles. The Morgan fingerprint density at radius 3 is 2.77 bits per heavy atom. The van der Waals surface area contributed by atoms with Gasteiger partial charge in [0.25, 0.3) is 0 Å². The molecule has 22 heavy (non-hydrogen) atoms. The van der Waals surface area contributed by atoms with Gasteiger partial charge in [-0.3, -0.25) is 0 Å². The second kappa shape index (κ2) is 4.91. The molecule has 0 spiro atoms. The fourth-order valence-corrected chi connectivity index (χ4v) is 3.47. The molecular weight excluding hydrogens is 278 g/mol. The highest BCUT2D eigenvalue weighted by Crippen LogP contribution is 2.39. The summed E-state index contributed by atoms with van der Waals surface area (Å²) in [5.74, 6) is 1.65. The van der Waals surface area contributed by atoms with Crippen LogP contribution in [0.25, 0.3) is 11.2 Å². The van der Waals surface area contributed by atoms with Gasteiger partial charge in [0.15, 0.2) is 17.0 Å². The Hall–Kier alpha value is -1.69. The van der Waals surface area contributed by atoms with E-state index in [4.69, 9.17) is 4.74 Å². The zero-order chi connectivity index (χ0) is 14.5. The first kappa shape index (κ1) is 12.8. The van der Waals surface area contributed by atoms with Crippen LogP contribution in [0.5, 0.6) is 0 Å². The van der Waals surface area contributed by atoms with E-state index in [0.29, 0.717) is 18.0 Å². The van der Waals surface area contributed by atoms with Crippen molar-refractivity contribution in [3.8, 4) is 0 Å². The van der Waals surface area contributed by atoms with Crippen LogP contribution >= 0.6 is 0 Å². The van der Waals surface area contributed by atoms with Crippen molar-refractivity contribution in [1.29, 1.82) is 0 Å². The van der Waals surface area contributed by atoms with Crippen molar-refractivity contribution in [3.05, 3.63) is 12.7 Å². The van der Waals surface area contributed by atoms with Gasteiger partial charge in [-0.15, -0.1) is 0 Å². The molecular formula is C16H21N5O. The third-order valence-corrected chi connectivity index (χ3v) is 5.02. The van der Waals surface area contributed by atoms with Crippen molar-refractivity contribution >= 4 is 17.0 Å². The topological polar surface area (TPSA) is 56.1 Å². The maximum Gasteiger partial charge on any atom is 0.165 e. The first-order valence-electron chi connectivity index (χ1n) is 8.42. The second-order valence-corrected chi connectivity index (χ2v) is 6.87. The van der Waals surface area contributed by atoms with E-state index < -0.39 is 0 Å². The number of imidazole rings is 1. The summed E-state index contributed by atoms with van der Waals surface area (Å²) >= 11 is 0. The van der Waals surface area contributed by atoms with E-state index in [1.165, 1.54) is 25.7 Å². The molecule has 3 heterocycles. The fourth-order valence-electron chi connectivity index (χ4n) is 3.47. The maximum atomic E-state index is 5.55. The minimum absolute atomic E-state index is 0.602. The Kier molecular flexibility index (Phi) is 2.86. The summed E-state index contributed by atoms with van der Waals surface area (Å²) in [4.78, 5) is 16.2. The minimum Gasteiger partial charge on any atom is -0.381 e. The lowest BCUT2D eigenvalue weighted by Crippen LogP contribution is -2.32. The molecule has 3 fully saturated rings. The zero-order valence-electron chi connectivity index (χ0n) is 12.7. The van der Waals surface area contributed by atoms with Crippen molar-refractivity contribution in [2.24, 2.45) is 5.92 Å². The van der Waals surface area contributed by atoms with Crippen molar-refractivity contribution in [2.75, 3.05) is 24.7 Å². The number of rotatable bonds is 5. The lowest BCUT2D eigenvalue weighted by molar-refractivity contribution is 0.186. The number of hydrogen-bond acceptors (Lipinski definition) is 5. The summed E-state index contributed by atoms with van der Waals surface area (Å²) in [6, 6.07) is 1.23. The molecule has 3 aliphatic rings. The molecule has 2 aromatic rings. The number of fused-ring (bicyclic) bond motifs is 1. The van der Waals surface area contributed by atoms with E-state index in [2.05, 4.69) is 24.4 Å². The minimum atomic E-state index is 0.602. The lowest BCUT2D eigenvalue weighted by Gasteiger charge is -2.26. The Bertz CT molecular complexity index is 685. The Balaban J connectivity index is 1.52. The van der Waals surface area contributed by atoms with E-state index in [1.54, 1.807) is 6.33 Å². The highest BCUT2D eigenvalue weighted by atomic mass is 16.5. The summed E-state index contributed by atoms with van der Waals surface area (Å²) in [5, 5.41) is 0. The molecule has 1 unspecified atom stereocenters. The summed E-state index contributed by atoms with van der Waals surface area (Å²) in [6.07, 6.45) is 9.84. The highest BCUT2D eigenvalue weighted by molar-refractivity contribution is 5.83. The SMILES string of the molecule is c1nc(N(CC2CCOC2)C2CC2)c2ncn(C3CC3)c2n1. The molecule has 2 aliphatic carbocycles. The second-order valence-electron chi connectivity index (χ2n) is 6.87. The van der Waals surface area contributed by atoms with Crippen LogP contribution in [0.4, 0.5) is 5.82 Å². The van der Waals surface area contributed by atoms with Crippen molar-refractivity contribution in [2.45, 2.75) is 44.2 Å². The molecule has 5 rings (SSSR count). The zero-order valence-corrected chi connectivity index (χ0v) is 12.7. The van der Waals surface area contributed by atoms with Gasteiger partial charge < -0.3 is 14.2 Å². The Labute approximate surface area is 129 Å². The molecule has 2 aromatic heterocycles. The average molecular weight is 299 g/mol.